The Kier molecular flexibility index (Phi) is 3.31. The van der Waals surface area contributed by atoms with Crippen molar-refractivity contribution in [1.29, 1.82) is 0 Å². The van der Waals surface area contributed by atoms with Gasteiger partial charge in [-0.05, 0) is 42.3 Å². The van der Waals surface area contributed by atoms with E-state index in [2.05, 4.69) is 34.2 Å². The molecule has 0 fully saturated rings. The second kappa shape index (κ2) is 5.61. The molecule has 110 valence electrons. The predicted octanol–water partition coefficient (Wildman–Crippen LogP) is 4.67. The number of benzene rings is 2. The standard InChI is InChI=1S/C20H15N3/c1-14-20(23-19-5-3-2-4-18(19)22-14)17-8-6-15(7-9-17)16-10-12-21-13-11-16/h2-13H,1H3. The summed E-state index contributed by atoms with van der Waals surface area (Å²) in [5, 5.41) is 0. The van der Waals surface area contributed by atoms with Gasteiger partial charge in [0, 0.05) is 18.0 Å². The van der Waals surface area contributed by atoms with Crippen LogP contribution >= 0.6 is 0 Å². The van der Waals surface area contributed by atoms with Crippen molar-refractivity contribution in [2.24, 2.45) is 0 Å². The maximum Gasteiger partial charge on any atom is 0.0922 e. The third-order valence-electron chi connectivity index (χ3n) is 3.92. The molecule has 0 saturated carbocycles. The largest absolute Gasteiger partial charge is 0.265 e. The molecule has 3 heteroatoms. The Labute approximate surface area is 134 Å². The number of hydrogen-bond donors (Lipinski definition) is 0. The topological polar surface area (TPSA) is 38.7 Å². The Morgan fingerprint density at radius 2 is 1.17 bits per heavy atom. The van der Waals surface area contributed by atoms with E-state index in [4.69, 9.17) is 4.98 Å². The molecule has 0 atom stereocenters. The molecule has 0 N–H and O–H groups in total. The summed E-state index contributed by atoms with van der Waals surface area (Å²) in [6.07, 6.45) is 3.62. The molecule has 4 aromatic rings. The number of pyridine rings is 1. The summed E-state index contributed by atoms with van der Waals surface area (Å²) in [6.45, 7) is 2.01. The zero-order chi connectivity index (χ0) is 15.6. The molecule has 0 saturated heterocycles. The zero-order valence-corrected chi connectivity index (χ0v) is 12.8. The fourth-order valence-electron chi connectivity index (χ4n) is 2.73. The quantitative estimate of drug-likeness (QED) is 0.540. The normalized spacial score (nSPS) is 10.8. The van der Waals surface area contributed by atoms with Gasteiger partial charge in [-0.2, -0.15) is 0 Å². The number of aryl methyl sites for hydroxylation is 1. The summed E-state index contributed by atoms with van der Waals surface area (Å²) in [4.78, 5) is 13.5. The molecule has 0 bridgehead atoms. The molecular formula is C20H15N3. The van der Waals surface area contributed by atoms with E-state index in [1.165, 1.54) is 5.56 Å². The molecule has 0 aliphatic heterocycles. The number of fused-ring (bicyclic) bond motifs is 1. The fraction of sp³-hybridized carbons (Fsp3) is 0.0500. The average Bonchev–Trinajstić information content (AvgIpc) is 2.62. The number of para-hydroxylation sites is 2. The lowest BCUT2D eigenvalue weighted by Gasteiger charge is -2.08. The van der Waals surface area contributed by atoms with Crippen molar-refractivity contribution in [2.75, 3.05) is 0 Å². The van der Waals surface area contributed by atoms with Gasteiger partial charge in [-0.1, -0.05) is 36.4 Å². The lowest BCUT2D eigenvalue weighted by atomic mass is 10.0. The first kappa shape index (κ1) is 13.6. The minimum atomic E-state index is 0.923. The Morgan fingerprint density at radius 1 is 0.609 bits per heavy atom. The minimum Gasteiger partial charge on any atom is -0.265 e. The summed E-state index contributed by atoms with van der Waals surface area (Å²) in [6, 6.07) is 20.4. The zero-order valence-electron chi connectivity index (χ0n) is 12.8. The van der Waals surface area contributed by atoms with Gasteiger partial charge in [0.1, 0.15) is 0 Å². The average molecular weight is 297 g/mol. The van der Waals surface area contributed by atoms with Gasteiger partial charge in [-0.3, -0.25) is 4.98 Å². The number of aromatic nitrogens is 3. The van der Waals surface area contributed by atoms with Crippen LogP contribution in [0.3, 0.4) is 0 Å². The highest BCUT2D eigenvalue weighted by Crippen LogP contribution is 2.26. The first-order valence-corrected chi connectivity index (χ1v) is 7.55. The number of rotatable bonds is 2. The van der Waals surface area contributed by atoms with Gasteiger partial charge in [-0.15, -0.1) is 0 Å². The Bertz CT molecular complexity index is 961. The van der Waals surface area contributed by atoms with Gasteiger partial charge < -0.3 is 0 Å². The second-order valence-electron chi connectivity index (χ2n) is 5.46. The van der Waals surface area contributed by atoms with Crippen molar-refractivity contribution in [3.63, 3.8) is 0 Å². The van der Waals surface area contributed by atoms with Crippen LogP contribution in [0.2, 0.25) is 0 Å². The van der Waals surface area contributed by atoms with Crippen molar-refractivity contribution in [3.05, 3.63) is 78.8 Å². The molecule has 0 radical (unpaired) electrons. The smallest absolute Gasteiger partial charge is 0.0922 e. The lowest BCUT2D eigenvalue weighted by Crippen LogP contribution is -1.94. The van der Waals surface area contributed by atoms with Crippen LogP contribution in [0.15, 0.2) is 73.1 Å². The maximum absolute atomic E-state index is 4.77. The number of nitrogens with zero attached hydrogens (tertiary/aromatic N) is 3. The summed E-state index contributed by atoms with van der Waals surface area (Å²) in [5.74, 6) is 0. The molecule has 0 amide bonds. The first-order valence-electron chi connectivity index (χ1n) is 7.55. The Hall–Kier alpha value is -3.07. The van der Waals surface area contributed by atoms with Crippen LogP contribution < -0.4 is 0 Å². The van der Waals surface area contributed by atoms with Crippen LogP contribution in [0.1, 0.15) is 5.69 Å². The fourth-order valence-corrected chi connectivity index (χ4v) is 2.73. The molecule has 0 aliphatic rings. The maximum atomic E-state index is 4.77. The van der Waals surface area contributed by atoms with Crippen molar-refractivity contribution < 1.29 is 0 Å². The molecular weight excluding hydrogens is 282 g/mol. The molecule has 0 aliphatic carbocycles. The van der Waals surface area contributed by atoms with E-state index in [0.29, 0.717) is 0 Å². The summed E-state index contributed by atoms with van der Waals surface area (Å²) in [5.41, 5.74) is 7.15. The molecule has 2 aromatic carbocycles. The van der Waals surface area contributed by atoms with Gasteiger partial charge >= 0.3 is 0 Å². The van der Waals surface area contributed by atoms with E-state index in [-0.39, 0.29) is 0 Å². The summed E-state index contributed by atoms with van der Waals surface area (Å²) in [7, 11) is 0. The highest BCUT2D eigenvalue weighted by molar-refractivity contribution is 5.79. The van der Waals surface area contributed by atoms with Crippen molar-refractivity contribution in [3.8, 4) is 22.4 Å². The highest BCUT2D eigenvalue weighted by Gasteiger charge is 2.08. The molecule has 23 heavy (non-hydrogen) atoms. The van der Waals surface area contributed by atoms with Crippen molar-refractivity contribution >= 4 is 11.0 Å². The van der Waals surface area contributed by atoms with Crippen LogP contribution in [0.4, 0.5) is 0 Å². The summed E-state index contributed by atoms with van der Waals surface area (Å²) < 4.78 is 0. The van der Waals surface area contributed by atoms with Gasteiger partial charge in [-0.25, -0.2) is 9.97 Å². The van der Waals surface area contributed by atoms with E-state index in [0.717, 1.165) is 33.5 Å². The SMILES string of the molecule is Cc1nc2ccccc2nc1-c1ccc(-c2ccncc2)cc1. The molecule has 0 spiro atoms. The Balaban J connectivity index is 1.78. The van der Waals surface area contributed by atoms with E-state index in [1.54, 1.807) is 0 Å². The minimum absolute atomic E-state index is 0.923. The molecule has 2 aromatic heterocycles. The van der Waals surface area contributed by atoms with Crippen LogP contribution in [0, 0.1) is 6.92 Å². The lowest BCUT2D eigenvalue weighted by molar-refractivity contribution is 1.19. The van der Waals surface area contributed by atoms with Crippen LogP contribution in [0.25, 0.3) is 33.4 Å². The highest BCUT2D eigenvalue weighted by atomic mass is 14.8. The summed E-state index contributed by atoms with van der Waals surface area (Å²) >= 11 is 0. The van der Waals surface area contributed by atoms with Crippen LogP contribution in [0.5, 0.6) is 0 Å². The van der Waals surface area contributed by atoms with Gasteiger partial charge in [0.05, 0.1) is 22.4 Å². The van der Waals surface area contributed by atoms with E-state index >= 15 is 0 Å². The first-order chi connectivity index (χ1) is 11.3. The van der Waals surface area contributed by atoms with Crippen molar-refractivity contribution in [1.82, 2.24) is 15.0 Å². The molecule has 0 unspecified atom stereocenters. The second-order valence-corrected chi connectivity index (χ2v) is 5.46. The monoisotopic (exact) mass is 297 g/mol. The predicted molar refractivity (Wildman–Crippen MR) is 92.9 cm³/mol. The van der Waals surface area contributed by atoms with Crippen LogP contribution in [-0.2, 0) is 0 Å². The third-order valence-corrected chi connectivity index (χ3v) is 3.92. The molecule has 3 nitrogen and oxygen atoms in total. The third kappa shape index (κ3) is 2.57. The molecule has 4 rings (SSSR count). The van der Waals surface area contributed by atoms with E-state index < -0.39 is 0 Å². The van der Waals surface area contributed by atoms with Gasteiger partial charge in [0.2, 0.25) is 0 Å². The Morgan fingerprint density at radius 3 is 1.87 bits per heavy atom. The number of hydrogen-bond acceptors (Lipinski definition) is 3. The molecule has 2 heterocycles. The van der Waals surface area contributed by atoms with Crippen LogP contribution in [-0.4, -0.2) is 15.0 Å². The van der Waals surface area contributed by atoms with Gasteiger partial charge in [0.25, 0.3) is 0 Å². The van der Waals surface area contributed by atoms with Crippen molar-refractivity contribution in [2.45, 2.75) is 6.92 Å². The van der Waals surface area contributed by atoms with E-state index in [9.17, 15) is 0 Å². The van der Waals surface area contributed by atoms with E-state index in [1.807, 2.05) is 55.7 Å². The van der Waals surface area contributed by atoms with Gasteiger partial charge in [0.15, 0.2) is 0 Å².